The number of carbonyl (C=O) groups is 2. The molecule has 0 aliphatic rings. The highest BCUT2D eigenvalue weighted by atomic mass is 32.2. The van der Waals surface area contributed by atoms with Crippen molar-refractivity contribution in [2.75, 3.05) is 17.6 Å². The maximum absolute atomic E-state index is 12.2. The van der Waals surface area contributed by atoms with E-state index in [4.69, 9.17) is 0 Å². The first-order valence-corrected chi connectivity index (χ1v) is 9.56. The third-order valence-corrected chi connectivity index (χ3v) is 4.57. The molecule has 5 heteroatoms. The molecule has 0 aliphatic carbocycles. The topological polar surface area (TPSA) is 58.2 Å². The van der Waals surface area contributed by atoms with E-state index >= 15 is 0 Å². The lowest BCUT2D eigenvalue weighted by Crippen LogP contribution is -2.26. The average Bonchev–Trinajstić information content (AvgIpc) is 2.60. The number of para-hydroxylation sites is 1. The maximum atomic E-state index is 12.2. The van der Waals surface area contributed by atoms with E-state index in [0.717, 1.165) is 12.2 Å². The van der Waals surface area contributed by atoms with E-state index in [2.05, 4.69) is 35.8 Å². The van der Waals surface area contributed by atoms with Gasteiger partial charge in [0.2, 0.25) is 5.91 Å². The standard InChI is InChI=1S/C20H24N2O2S/c1-3-11-21-20(24)17-9-4-5-10-18(17)22-19(23)14-25-13-16-8-6-7-15(2)12-16/h4-10,12H,3,11,13-14H2,1-2H3,(H,21,24)(H,22,23). The van der Waals surface area contributed by atoms with Gasteiger partial charge in [0, 0.05) is 12.3 Å². The Balaban J connectivity index is 1.89. The number of benzene rings is 2. The van der Waals surface area contributed by atoms with Gasteiger partial charge in [0.05, 0.1) is 17.0 Å². The van der Waals surface area contributed by atoms with E-state index in [0.29, 0.717) is 23.5 Å². The summed E-state index contributed by atoms with van der Waals surface area (Å²) in [7, 11) is 0. The monoisotopic (exact) mass is 356 g/mol. The molecule has 0 saturated heterocycles. The fraction of sp³-hybridized carbons (Fsp3) is 0.300. The smallest absolute Gasteiger partial charge is 0.253 e. The highest BCUT2D eigenvalue weighted by Crippen LogP contribution is 2.17. The minimum Gasteiger partial charge on any atom is -0.352 e. The number of carbonyl (C=O) groups excluding carboxylic acids is 2. The zero-order valence-corrected chi connectivity index (χ0v) is 15.5. The molecule has 0 fully saturated rings. The van der Waals surface area contributed by atoms with E-state index in [9.17, 15) is 9.59 Å². The van der Waals surface area contributed by atoms with Crippen LogP contribution in [0.25, 0.3) is 0 Å². The summed E-state index contributed by atoms with van der Waals surface area (Å²) in [5.74, 6) is 0.866. The number of amides is 2. The zero-order chi connectivity index (χ0) is 18.1. The van der Waals surface area contributed by atoms with Gasteiger partial charge in [-0.3, -0.25) is 9.59 Å². The average molecular weight is 356 g/mol. The molecule has 4 nitrogen and oxygen atoms in total. The van der Waals surface area contributed by atoms with E-state index in [-0.39, 0.29) is 11.8 Å². The van der Waals surface area contributed by atoms with Crippen molar-refractivity contribution in [3.05, 3.63) is 65.2 Å². The van der Waals surface area contributed by atoms with Gasteiger partial charge in [0.15, 0.2) is 0 Å². The van der Waals surface area contributed by atoms with Gasteiger partial charge < -0.3 is 10.6 Å². The van der Waals surface area contributed by atoms with Gasteiger partial charge in [0.1, 0.15) is 0 Å². The molecule has 0 radical (unpaired) electrons. The molecule has 0 unspecified atom stereocenters. The van der Waals surface area contributed by atoms with Crippen molar-refractivity contribution >= 4 is 29.3 Å². The summed E-state index contributed by atoms with van der Waals surface area (Å²) in [5.41, 5.74) is 3.47. The first-order chi connectivity index (χ1) is 12.1. The first-order valence-electron chi connectivity index (χ1n) is 8.40. The molecular weight excluding hydrogens is 332 g/mol. The number of rotatable bonds is 8. The second kappa shape index (κ2) is 9.89. The van der Waals surface area contributed by atoms with Crippen LogP contribution in [-0.4, -0.2) is 24.1 Å². The Morgan fingerprint density at radius 2 is 1.88 bits per heavy atom. The Morgan fingerprint density at radius 1 is 1.08 bits per heavy atom. The normalized spacial score (nSPS) is 10.3. The lowest BCUT2D eigenvalue weighted by molar-refractivity contribution is -0.113. The molecule has 2 aromatic carbocycles. The molecule has 0 bridgehead atoms. The largest absolute Gasteiger partial charge is 0.352 e. The number of anilines is 1. The second-order valence-corrected chi connectivity index (χ2v) is 6.82. The van der Waals surface area contributed by atoms with Crippen molar-refractivity contribution < 1.29 is 9.59 Å². The molecule has 0 spiro atoms. The van der Waals surface area contributed by atoms with Crippen LogP contribution < -0.4 is 10.6 Å². The molecule has 0 saturated carbocycles. The number of hydrogen-bond acceptors (Lipinski definition) is 3. The van der Waals surface area contributed by atoms with Crippen LogP contribution in [0.2, 0.25) is 0 Å². The molecular formula is C20H24N2O2S. The van der Waals surface area contributed by atoms with E-state index in [1.165, 1.54) is 11.1 Å². The first kappa shape index (κ1) is 19.1. The third-order valence-electron chi connectivity index (χ3n) is 3.57. The van der Waals surface area contributed by atoms with E-state index < -0.39 is 0 Å². The van der Waals surface area contributed by atoms with Gasteiger partial charge in [0.25, 0.3) is 5.91 Å². The van der Waals surface area contributed by atoms with Crippen LogP contribution in [0.4, 0.5) is 5.69 Å². The van der Waals surface area contributed by atoms with Crippen molar-refractivity contribution in [3.8, 4) is 0 Å². The zero-order valence-electron chi connectivity index (χ0n) is 14.7. The van der Waals surface area contributed by atoms with Crippen molar-refractivity contribution in [2.45, 2.75) is 26.0 Å². The summed E-state index contributed by atoms with van der Waals surface area (Å²) < 4.78 is 0. The second-order valence-electron chi connectivity index (χ2n) is 5.83. The van der Waals surface area contributed by atoms with Crippen LogP contribution in [0.3, 0.4) is 0 Å². The SMILES string of the molecule is CCCNC(=O)c1ccccc1NC(=O)CSCc1cccc(C)c1. The Kier molecular flexibility index (Phi) is 7.54. The summed E-state index contributed by atoms with van der Waals surface area (Å²) >= 11 is 1.56. The number of hydrogen-bond donors (Lipinski definition) is 2. The number of thioether (sulfide) groups is 1. The number of nitrogens with one attached hydrogen (secondary N) is 2. The van der Waals surface area contributed by atoms with Crippen LogP contribution in [0.1, 0.15) is 34.8 Å². The van der Waals surface area contributed by atoms with Crippen LogP contribution in [0.15, 0.2) is 48.5 Å². The molecule has 2 N–H and O–H groups in total. The maximum Gasteiger partial charge on any atom is 0.253 e. The van der Waals surface area contributed by atoms with Crippen LogP contribution in [-0.2, 0) is 10.5 Å². The summed E-state index contributed by atoms with van der Waals surface area (Å²) in [6.07, 6.45) is 0.871. The van der Waals surface area contributed by atoms with Gasteiger partial charge in [-0.1, -0.05) is 48.9 Å². The van der Waals surface area contributed by atoms with Gasteiger partial charge >= 0.3 is 0 Å². The van der Waals surface area contributed by atoms with Crippen LogP contribution in [0.5, 0.6) is 0 Å². The molecule has 0 aliphatic heterocycles. The highest BCUT2D eigenvalue weighted by Gasteiger charge is 2.12. The van der Waals surface area contributed by atoms with E-state index in [1.54, 1.807) is 30.0 Å². The van der Waals surface area contributed by atoms with Gasteiger partial charge in [-0.05, 0) is 31.0 Å². The van der Waals surface area contributed by atoms with Gasteiger partial charge in [-0.2, -0.15) is 0 Å². The lowest BCUT2D eigenvalue weighted by atomic mass is 10.1. The highest BCUT2D eigenvalue weighted by molar-refractivity contribution is 7.99. The Morgan fingerprint density at radius 3 is 2.64 bits per heavy atom. The van der Waals surface area contributed by atoms with Crippen molar-refractivity contribution in [2.24, 2.45) is 0 Å². The lowest BCUT2D eigenvalue weighted by Gasteiger charge is -2.11. The van der Waals surface area contributed by atoms with Crippen molar-refractivity contribution in [1.82, 2.24) is 5.32 Å². The molecule has 2 rings (SSSR count). The summed E-state index contributed by atoms with van der Waals surface area (Å²) in [6, 6.07) is 15.3. The summed E-state index contributed by atoms with van der Waals surface area (Å²) in [4.78, 5) is 24.4. The fourth-order valence-electron chi connectivity index (χ4n) is 2.37. The van der Waals surface area contributed by atoms with Gasteiger partial charge in [-0.15, -0.1) is 11.8 Å². The third kappa shape index (κ3) is 6.27. The summed E-state index contributed by atoms with van der Waals surface area (Å²) in [5, 5.41) is 5.68. The Hall–Kier alpha value is -2.27. The van der Waals surface area contributed by atoms with Gasteiger partial charge in [-0.25, -0.2) is 0 Å². The fourth-order valence-corrected chi connectivity index (χ4v) is 3.15. The molecule has 132 valence electrons. The molecule has 0 atom stereocenters. The minimum absolute atomic E-state index is 0.103. The molecule has 2 amide bonds. The number of aryl methyl sites for hydroxylation is 1. The van der Waals surface area contributed by atoms with Crippen molar-refractivity contribution in [1.29, 1.82) is 0 Å². The van der Waals surface area contributed by atoms with Crippen LogP contribution >= 0.6 is 11.8 Å². The quantitative estimate of drug-likeness (QED) is 0.751. The Labute approximate surface area is 153 Å². The summed E-state index contributed by atoms with van der Waals surface area (Å²) in [6.45, 7) is 4.67. The minimum atomic E-state index is -0.162. The Bertz CT molecular complexity index is 731. The van der Waals surface area contributed by atoms with E-state index in [1.807, 2.05) is 19.1 Å². The van der Waals surface area contributed by atoms with Crippen LogP contribution in [0, 0.1) is 6.92 Å². The molecule has 0 aromatic heterocycles. The molecule has 0 heterocycles. The molecule has 2 aromatic rings. The predicted molar refractivity (Wildman–Crippen MR) is 105 cm³/mol. The predicted octanol–water partition coefficient (Wildman–Crippen LogP) is 4.01. The molecule has 25 heavy (non-hydrogen) atoms. The van der Waals surface area contributed by atoms with Crippen molar-refractivity contribution in [3.63, 3.8) is 0 Å².